The second-order valence-corrected chi connectivity index (χ2v) is 16.6. The Morgan fingerprint density at radius 1 is 0.462 bits per heavy atom. The summed E-state index contributed by atoms with van der Waals surface area (Å²) in [5.41, 5.74) is -1.00. The van der Waals surface area contributed by atoms with Gasteiger partial charge < -0.3 is 28.4 Å². The van der Waals surface area contributed by atoms with E-state index in [1.54, 1.807) is 0 Å². The van der Waals surface area contributed by atoms with Gasteiger partial charge in [-0.15, -0.1) is 0 Å². The van der Waals surface area contributed by atoms with E-state index in [4.69, 9.17) is 28.4 Å². The Bertz CT molecular complexity index is 2890. The van der Waals surface area contributed by atoms with E-state index in [9.17, 15) is 56.2 Å². The summed E-state index contributed by atoms with van der Waals surface area (Å²) in [6.45, 7) is -1.67. The van der Waals surface area contributed by atoms with Gasteiger partial charge >= 0.3 is 36.5 Å². The number of esters is 2. The van der Waals surface area contributed by atoms with Crippen LogP contribution < -0.4 is 18.9 Å². The van der Waals surface area contributed by atoms with Gasteiger partial charge in [-0.2, -0.15) is 43.9 Å². The topological polar surface area (TPSA) is 176 Å². The van der Waals surface area contributed by atoms with E-state index in [-0.39, 0.29) is 82.4 Å². The molecule has 6 aromatic rings. The van der Waals surface area contributed by atoms with Crippen molar-refractivity contribution in [2.75, 3.05) is 13.2 Å². The third-order valence-electron chi connectivity index (χ3n) is 10.8. The summed E-state index contributed by atoms with van der Waals surface area (Å²) < 4.78 is 165. The Hall–Kier alpha value is -8.96. The number of benzene rings is 6. The van der Waals surface area contributed by atoms with Crippen LogP contribution in [0, 0.1) is 20.2 Å². The summed E-state index contributed by atoms with van der Waals surface area (Å²) in [6.07, 6.45) is -14.7. The van der Waals surface area contributed by atoms with Gasteiger partial charge in [0.1, 0.15) is 36.2 Å². The number of halogens is 10. The van der Waals surface area contributed by atoms with Crippen LogP contribution >= 0.6 is 0 Å². The Balaban J connectivity index is 1.05. The lowest BCUT2D eigenvalue weighted by Crippen LogP contribution is -2.21. The van der Waals surface area contributed by atoms with Crippen molar-refractivity contribution in [1.82, 2.24) is 0 Å². The summed E-state index contributed by atoms with van der Waals surface area (Å²) in [4.78, 5) is 47.9. The number of carbonyl (C=O) groups is 2. The lowest BCUT2D eigenvalue weighted by molar-refractivity contribution is -0.385. The van der Waals surface area contributed by atoms with Gasteiger partial charge in [-0.3, -0.25) is 20.2 Å². The highest BCUT2D eigenvalue weighted by atomic mass is 19.4. The Morgan fingerprint density at radius 3 is 1.12 bits per heavy atom. The van der Waals surface area contributed by atoms with Gasteiger partial charge in [0.2, 0.25) is 0 Å². The molecule has 0 fully saturated rings. The fraction of sp³-hybridized carbons (Fsp3) is 0.222. The van der Waals surface area contributed by atoms with Crippen LogP contribution in [0.5, 0.6) is 23.0 Å². The van der Waals surface area contributed by atoms with Gasteiger partial charge in [0.05, 0.1) is 34.2 Å². The van der Waals surface area contributed by atoms with Crippen molar-refractivity contribution in [2.45, 2.75) is 63.5 Å². The quantitative estimate of drug-likeness (QED) is 0.0133. The molecular formula is C54H42F10N2O12. The summed E-state index contributed by atoms with van der Waals surface area (Å²) >= 11 is 0. The van der Waals surface area contributed by atoms with Crippen LogP contribution in [-0.2, 0) is 44.5 Å². The Kier molecular flexibility index (Phi) is 19.2. The van der Waals surface area contributed by atoms with Gasteiger partial charge in [0.25, 0.3) is 11.4 Å². The van der Waals surface area contributed by atoms with Crippen molar-refractivity contribution >= 4 is 35.5 Å². The van der Waals surface area contributed by atoms with E-state index in [1.807, 2.05) is 0 Å². The lowest BCUT2D eigenvalue weighted by Gasteiger charge is -2.18. The van der Waals surface area contributed by atoms with Crippen LogP contribution in [0.15, 0.2) is 146 Å². The molecule has 0 aromatic heterocycles. The molecule has 0 N–H and O–H groups in total. The summed E-state index contributed by atoms with van der Waals surface area (Å²) in [5.74, 6) is -2.19. The number of carbonyl (C=O) groups excluding carboxylic acids is 2. The van der Waals surface area contributed by atoms with E-state index >= 15 is 17.6 Å². The number of hydrogen-bond acceptors (Lipinski definition) is 12. The first-order chi connectivity index (χ1) is 36.8. The van der Waals surface area contributed by atoms with E-state index in [2.05, 4.69) is 0 Å². The molecule has 0 aliphatic rings. The van der Waals surface area contributed by atoms with Gasteiger partial charge in [0, 0.05) is 60.4 Å². The fourth-order valence-corrected chi connectivity index (χ4v) is 7.00. The van der Waals surface area contributed by atoms with E-state index < -0.39 is 94.9 Å². The maximum Gasteiger partial charge on any atom is 0.426 e. The number of nitrogens with zero attached hydrogens (tertiary/aromatic N) is 2. The SMILES string of the molecule is O=C(/C=C/c1ccc(C(F)(F)Oc2ccc(OCCCC(F)(F)F)cc2)cc1)OCc1cc([N+](=O)[O-])ccc1-c1ccc([N+](=O)[O-])cc1COC(=O)/C=C/c1ccc(C(F)(F)Oc2ccc(OCCCC(F)(F)F)cc2)cc1. The molecule has 0 bridgehead atoms. The highest BCUT2D eigenvalue weighted by molar-refractivity contribution is 5.88. The number of hydrogen-bond donors (Lipinski definition) is 0. The fourth-order valence-electron chi connectivity index (χ4n) is 7.00. The van der Waals surface area contributed by atoms with Crippen molar-refractivity contribution in [3.05, 3.63) is 199 Å². The molecule has 0 saturated heterocycles. The van der Waals surface area contributed by atoms with Crippen LogP contribution in [-0.4, -0.2) is 47.4 Å². The van der Waals surface area contributed by atoms with Crippen LogP contribution in [0.25, 0.3) is 23.3 Å². The van der Waals surface area contributed by atoms with Crippen molar-refractivity contribution < 1.29 is 91.8 Å². The first-order valence-corrected chi connectivity index (χ1v) is 23.0. The first-order valence-electron chi connectivity index (χ1n) is 23.0. The molecule has 6 aromatic carbocycles. The molecule has 0 aliphatic carbocycles. The standard InChI is InChI=1S/C54H42F10N2O12/c55-51(56,57)27-1-29-73-43-15-19-45(20-16-43)77-53(61,62)39-9-3-35(4-10-39)7-25-49(67)75-33-37-31-41(65(69)70)13-23-47(37)48-24-14-42(66(71)72)32-38(48)34-76-50(68)26-8-36-5-11-40(12-6-36)54(63,64)78-46-21-17-44(18-22-46)74-30-2-28-52(58,59)60/h3-26,31-32H,1-2,27-30,33-34H2/b25-7+,26-8+. The molecule has 0 amide bonds. The van der Waals surface area contributed by atoms with Crippen LogP contribution in [0.1, 0.15) is 59.1 Å². The zero-order valence-corrected chi connectivity index (χ0v) is 40.2. The number of alkyl halides is 10. The molecule has 0 saturated carbocycles. The molecule has 0 atom stereocenters. The first kappa shape index (κ1) is 58.3. The van der Waals surface area contributed by atoms with Gasteiger partial charge in [-0.1, -0.05) is 24.3 Å². The minimum atomic E-state index is -4.34. The van der Waals surface area contributed by atoms with Crippen molar-refractivity contribution in [3.8, 4) is 34.1 Å². The summed E-state index contributed by atoms with van der Waals surface area (Å²) in [7, 11) is 0. The second kappa shape index (κ2) is 25.7. The molecule has 14 nitrogen and oxygen atoms in total. The molecule has 0 heterocycles. The Morgan fingerprint density at radius 2 is 0.795 bits per heavy atom. The van der Waals surface area contributed by atoms with Crippen LogP contribution in [0.2, 0.25) is 0 Å². The number of nitro benzene ring substituents is 2. The lowest BCUT2D eigenvalue weighted by atomic mass is 9.95. The van der Waals surface area contributed by atoms with E-state index in [1.165, 1.54) is 72.8 Å². The average molecular weight is 1100 g/mol. The molecule has 0 radical (unpaired) electrons. The number of rotatable bonds is 25. The summed E-state index contributed by atoms with van der Waals surface area (Å²) in [5, 5.41) is 23.5. The minimum Gasteiger partial charge on any atom is -0.494 e. The monoisotopic (exact) mass is 1100 g/mol. The zero-order chi connectivity index (χ0) is 56.7. The molecule has 0 spiro atoms. The molecule has 410 valence electrons. The van der Waals surface area contributed by atoms with Crippen molar-refractivity contribution in [2.24, 2.45) is 0 Å². The van der Waals surface area contributed by atoms with Crippen molar-refractivity contribution in [3.63, 3.8) is 0 Å². The van der Waals surface area contributed by atoms with E-state index in [0.29, 0.717) is 0 Å². The largest absolute Gasteiger partial charge is 0.494 e. The summed E-state index contributed by atoms with van der Waals surface area (Å²) in [6, 6.07) is 25.7. The van der Waals surface area contributed by atoms with E-state index in [0.717, 1.165) is 84.9 Å². The smallest absolute Gasteiger partial charge is 0.426 e. The molecule has 0 unspecified atom stereocenters. The third kappa shape index (κ3) is 18.1. The number of nitro groups is 2. The van der Waals surface area contributed by atoms with Crippen LogP contribution in [0.3, 0.4) is 0 Å². The number of ether oxygens (including phenoxy) is 6. The molecule has 24 heteroatoms. The highest BCUT2D eigenvalue weighted by Gasteiger charge is 2.36. The predicted octanol–water partition coefficient (Wildman–Crippen LogP) is 14.4. The molecule has 78 heavy (non-hydrogen) atoms. The normalized spacial score (nSPS) is 12.1. The second-order valence-electron chi connectivity index (χ2n) is 16.6. The van der Waals surface area contributed by atoms with Gasteiger partial charge in [-0.25, -0.2) is 9.59 Å². The zero-order valence-electron chi connectivity index (χ0n) is 40.2. The van der Waals surface area contributed by atoms with Gasteiger partial charge in [0.15, 0.2) is 0 Å². The minimum absolute atomic E-state index is 0.0465. The molecular weight excluding hydrogens is 1060 g/mol. The van der Waals surface area contributed by atoms with Crippen molar-refractivity contribution in [1.29, 1.82) is 0 Å². The third-order valence-corrected chi connectivity index (χ3v) is 10.8. The molecule has 6 rings (SSSR count). The number of non-ortho nitro benzene ring substituents is 2. The van der Waals surface area contributed by atoms with Gasteiger partial charge in [-0.05, 0) is 132 Å². The average Bonchev–Trinajstić information content (AvgIpc) is 3.41. The predicted molar refractivity (Wildman–Crippen MR) is 259 cm³/mol. The maximum absolute atomic E-state index is 15.0. The highest BCUT2D eigenvalue weighted by Crippen LogP contribution is 2.36. The Labute approximate surface area is 436 Å². The maximum atomic E-state index is 15.0. The van der Waals surface area contributed by atoms with Crippen LogP contribution in [0.4, 0.5) is 55.3 Å². The molecule has 0 aliphatic heterocycles.